The highest BCUT2D eigenvalue weighted by Crippen LogP contribution is 2.31. The van der Waals surface area contributed by atoms with Crippen molar-refractivity contribution in [2.24, 2.45) is 10.9 Å². The Labute approximate surface area is 172 Å². The van der Waals surface area contributed by atoms with Crippen LogP contribution >= 0.6 is 11.6 Å². The summed E-state index contributed by atoms with van der Waals surface area (Å²) in [4.78, 5) is 7.09. The highest BCUT2D eigenvalue weighted by Gasteiger charge is 2.24. The third-order valence-corrected chi connectivity index (χ3v) is 5.35. The van der Waals surface area contributed by atoms with E-state index in [1.165, 1.54) is 5.69 Å². The van der Waals surface area contributed by atoms with Crippen LogP contribution in [0.25, 0.3) is 0 Å². The third kappa shape index (κ3) is 5.32. The fraction of sp³-hybridized carbons (Fsp3) is 0.409. The lowest BCUT2D eigenvalue weighted by atomic mass is 10.1. The van der Waals surface area contributed by atoms with Gasteiger partial charge in [0.15, 0.2) is 5.96 Å². The molecule has 150 valence electrons. The number of aliphatic imine (C=N–C) groups is 1. The maximum atomic E-state index is 6.24. The zero-order valence-electron chi connectivity index (χ0n) is 16.6. The molecule has 28 heavy (non-hydrogen) atoms. The molecule has 6 heteroatoms. The van der Waals surface area contributed by atoms with Crippen molar-refractivity contribution in [3.05, 3.63) is 59.1 Å². The Hall–Kier alpha value is -2.40. The van der Waals surface area contributed by atoms with Crippen molar-refractivity contribution in [2.45, 2.75) is 19.9 Å². The van der Waals surface area contributed by atoms with Gasteiger partial charge in [-0.3, -0.25) is 0 Å². The molecule has 1 atom stereocenters. The standard InChI is InChI=1S/C22H29ClN4O/c1-3-24-22(26-15-18-8-4-5-9-19(18)23)25-14-17-12-13-27(16-17)20-10-6-7-11-21(20)28-2/h4-11,17H,3,12-16H2,1-2H3,(H2,24,25,26). The monoisotopic (exact) mass is 400 g/mol. The fourth-order valence-corrected chi connectivity index (χ4v) is 3.68. The number of hydrogen-bond acceptors (Lipinski definition) is 3. The SMILES string of the molecule is CCNC(=NCc1ccccc1Cl)NCC1CCN(c2ccccc2OC)C1. The summed E-state index contributed by atoms with van der Waals surface area (Å²) >= 11 is 6.24. The average molecular weight is 401 g/mol. The summed E-state index contributed by atoms with van der Waals surface area (Å²) in [6.07, 6.45) is 1.15. The van der Waals surface area contributed by atoms with E-state index >= 15 is 0 Å². The molecule has 1 aliphatic rings. The number of halogens is 1. The number of hydrogen-bond donors (Lipinski definition) is 2. The van der Waals surface area contributed by atoms with Crippen LogP contribution in [0.3, 0.4) is 0 Å². The minimum Gasteiger partial charge on any atom is -0.495 e. The molecule has 1 heterocycles. The molecule has 0 radical (unpaired) electrons. The Bertz CT molecular complexity index is 796. The number of guanidine groups is 1. The number of benzene rings is 2. The van der Waals surface area contributed by atoms with Gasteiger partial charge in [0.1, 0.15) is 5.75 Å². The zero-order chi connectivity index (χ0) is 19.8. The Morgan fingerprint density at radius 1 is 1.18 bits per heavy atom. The van der Waals surface area contributed by atoms with Gasteiger partial charge in [-0.1, -0.05) is 41.9 Å². The van der Waals surface area contributed by atoms with Crippen molar-refractivity contribution in [3.63, 3.8) is 0 Å². The van der Waals surface area contributed by atoms with E-state index in [0.717, 1.165) is 54.9 Å². The molecular formula is C22H29ClN4O. The average Bonchev–Trinajstić information content (AvgIpc) is 3.20. The van der Waals surface area contributed by atoms with Gasteiger partial charge in [-0.05, 0) is 43.0 Å². The smallest absolute Gasteiger partial charge is 0.191 e. The molecule has 0 aromatic heterocycles. The molecule has 2 aromatic carbocycles. The van der Waals surface area contributed by atoms with Gasteiger partial charge in [-0.25, -0.2) is 4.99 Å². The van der Waals surface area contributed by atoms with Crippen molar-refractivity contribution in [3.8, 4) is 5.75 Å². The van der Waals surface area contributed by atoms with Crippen LogP contribution in [0, 0.1) is 5.92 Å². The Kier molecular flexibility index (Phi) is 7.43. The molecule has 0 amide bonds. The zero-order valence-corrected chi connectivity index (χ0v) is 17.4. The Morgan fingerprint density at radius 3 is 2.75 bits per heavy atom. The summed E-state index contributed by atoms with van der Waals surface area (Å²) in [5.74, 6) is 2.33. The molecule has 0 bridgehead atoms. The predicted molar refractivity (Wildman–Crippen MR) is 118 cm³/mol. The van der Waals surface area contributed by atoms with Crippen LogP contribution in [-0.2, 0) is 6.54 Å². The molecule has 1 saturated heterocycles. The Balaban J connectivity index is 1.56. The molecule has 3 rings (SSSR count). The summed E-state index contributed by atoms with van der Waals surface area (Å²) < 4.78 is 5.51. The first-order valence-corrected chi connectivity index (χ1v) is 10.2. The van der Waals surface area contributed by atoms with Crippen LogP contribution in [0.2, 0.25) is 5.02 Å². The van der Waals surface area contributed by atoms with Crippen molar-refractivity contribution in [2.75, 3.05) is 38.2 Å². The van der Waals surface area contributed by atoms with E-state index in [2.05, 4.69) is 39.6 Å². The van der Waals surface area contributed by atoms with Gasteiger partial charge in [0, 0.05) is 31.2 Å². The number of rotatable bonds is 7. The van der Waals surface area contributed by atoms with E-state index in [1.54, 1.807) is 7.11 Å². The number of ether oxygens (including phenoxy) is 1. The van der Waals surface area contributed by atoms with Crippen LogP contribution < -0.4 is 20.3 Å². The first-order chi connectivity index (χ1) is 13.7. The lowest BCUT2D eigenvalue weighted by molar-refractivity contribution is 0.414. The third-order valence-electron chi connectivity index (χ3n) is 4.98. The van der Waals surface area contributed by atoms with Gasteiger partial charge in [-0.2, -0.15) is 0 Å². The molecule has 0 aliphatic carbocycles. The summed E-state index contributed by atoms with van der Waals surface area (Å²) in [5, 5.41) is 7.57. The van der Waals surface area contributed by atoms with Gasteiger partial charge in [0.05, 0.1) is 19.3 Å². The predicted octanol–water partition coefficient (Wildman–Crippen LogP) is 3.93. The second-order valence-electron chi connectivity index (χ2n) is 6.94. The second-order valence-corrected chi connectivity index (χ2v) is 7.35. The lowest BCUT2D eigenvalue weighted by Gasteiger charge is -2.21. The van der Waals surface area contributed by atoms with Crippen LogP contribution in [0.4, 0.5) is 5.69 Å². The lowest BCUT2D eigenvalue weighted by Crippen LogP contribution is -2.40. The first kappa shape index (κ1) is 20.3. The molecule has 2 aromatic rings. The molecular weight excluding hydrogens is 372 g/mol. The highest BCUT2D eigenvalue weighted by molar-refractivity contribution is 6.31. The summed E-state index contributed by atoms with van der Waals surface area (Å²) in [5.41, 5.74) is 2.20. The number of nitrogens with one attached hydrogen (secondary N) is 2. The summed E-state index contributed by atoms with van der Waals surface area (Å²) in [6, 6.07) is 16.1. The van der Waals surface area contributed by atoms with Gasteiger partial charge in [-0.15, -0.1) is 0 Å². The second kappa shape index (κ2) is 10.2. The van der Waals surface area contributed by atoms with E-state index in [9.17, 15) is 0 Å². The normalized spacial score (nSPS) is 16.9. The number of nitrogens with zero attached hydrogens (tertiary/aromatic N) is 2. The molecule has 1 fully saturated rings. The molecule has 0 spiro atoms. The number of methoxy groups -OCH3 is 1. The molecule has 1 aliphatic heterocycles. The van der Waals surface area contributed by atoms with Crippen LogP contribution in [0.1, 0.15) is 18.9 Å². The van der Waals surface area contributed by atoms with Crippen LogP contribution in [-0.4, -0.2) is 39.2 Å². The van der Waals surface area contributed by atoms with Gasteiger partial charge in [0.2, 0.25) is 0 Å². The van der Waals surface area contributed by atoms with Gasteiger partial charge >= 0.3 is 0 Å². The van der Waals surface area contributed by atoms with Gasteiger partial charge in [0.25, 0.3) is 0 Å². The molecule has 0 saturated carbocycles. The van der Waals surface area contributed by atoms with Crippen LogP contribution in [0.15, 0.2) is 53.5 Å². The largest absolute Gasteiger partial charge is 0.495 e. The molecule has 2 N–H and O–H groups in total. The van der Waals surface area contributed by atoms with E-state index in [0.29, 0.717) is 12.5 Å². The summed E-state index contributed by atoms with van der Waals surface area (Å²) in [6.45, 7) is 6.41. The van der Waals surface area contributed by atoms with Crippen molar-refractivity contribution in [1.29, 1.82) is 0 Å². The van der Waals surface area contributed by atoms with E-state index < -0.39 is 0 Å². The molecule has 5 nitrogen and oxygen atoms in total. The van der Waals surface area contributed by atoms with Gasteiger partial charge < -0.3 is 20.3 Å². The number of anilines is 1. The Morgan fingerprint density at radius 2 is 1.96 bits per heavy atom. The minimum atomic E-state index is 0.563. The first-order valence-electron chi connectivity index (χ1n) is 9.84. The maximum Gasteiger partial charge on any atom is 0.191 e. The maximum absolute atomic E-state index is 6.24. The minimum absolute atomic E-state index is 0.563. The van der Waals surface area contributed by atoms with Crippen molar-refractivity contribution >= 4 is 23.2 Å². The molecule has 1 unspecified atom stereocenters. The van der Waals surface area contributed by atoms with Crippen molar-refractivity contribution < 1.29 is 4.74 Å². The van der Waals surface area contributed by atoms with E-state index in [-0.39, 0.29) is 0 Å². The van der Waals surface area contributed by atoms with E-state index in [4.69, 9.17) is 16.3 Å². The summed E-state index contributed by atoms with van der Waals surface area (Å²) in [7, 11) is 1.73. The highest BCUT2D eigenvalue weighted by atomic mass is 35.5. The topological polar surface area (TPSA) is 48.9 Å². The quantitative estimate of drug-likeness (QED) is 0.546. The number of para-hydroxylation sites is 2. The van der Waals surface area contributed by atoms with Crippen molar-refractivity contribution in [1.82, 2.24) is 10.6 Å². The van der Waals surface area contributed by atoms with E-state index in [1.807, 2.05) is 36.4 Å². The van der Waals surface area contributed by atoms with Crippen LogP contribution in [0.5, 0.6) is 5.75 Å². The fourth-order valence-electron chi connectivity index (χ4n) is 3.48.